The summed E-state index contributed by atoms with van der Waals surface area (Å²) in [5, 5.41) is 0. The predicted octanol–water partition coefficient (Wildman–Crippen LogP) is 5.07. The van der Waals surface area contributed by atoms with Crippen LogP contribution in [0.5, 0.6) is 0 Å². The second-order valence-corrected chi connectivity index (χ2v) is 6.60. The third-order valence-corrected chi connectivity index (χ3v) is 4.46. The molecular formula is C21H51N3. The Morgan fingerprint density at radius 3 is 1.42 bits per heavy atom. The minimum atomic E-state index is 0. The first-order valence-electron chi connectivity index (χ1n) is 10.2. The van der Waals surface area contributed by atoms with Crippen LogP contribution >= 0.6 is 0 Å². The van der Waals surface area contributed by atoms with Gasteiger partial charge in [-0.15, -0.1) is 0 Å². The molecule has 3 nitrogen and oxygen atoms in total. The van der Waals surface area contributed by atoms with Gasteiger partial charge < -0.3 is 14.7 Å². The fraction of sp³-hybridized carbons (Fsp3) is 1.00. The molecule has 0 N–H and O–H groups in total. The van der Waals surface area contributed by atoms with Crippen LogP contribution in [-0.2, 0) is 0 Å². The Hall–Kier alpha value is -0.120. The maximum atomic E-state index is 2.49. The molecule has 0 aliphatic carbocycles. The first-order valence-corrected chi connectivity index (χ1v) is 10.2. The highest BCUT2D eigenvalue weighted by Crippen LogP contribution is 2.18. The number of piperazine rings is 1. The van der Waals surface area contributed by atoms with Crippen LogP contribution in [0.25, 0.3) is 0 Å². The lowest BCUT2D eigenvalue weighted by atomic mass is 9.95. The van der Waals surface area contributed by atoms with E-state index in [0.717, 1.165) is 5.92 Å². The maximum absolute atomic E-state index is 2.49. The molecule has 0 unspecified atom stereocenters. The average Bonchev–Trinajstić information content (AvgIpc) is 2.59. The Morgan fingerprint density at radius 2 is 1.08 bits per heavy atom. The van der Waals surface area contributed by atoms with Gasteiger partial charge in [0.05, 0.1) is 0 Å². The van der Waals surface area contributed by atoms with Gasteiger partial charge in [0, 0.05) is 26.2 Å². The van der Waals surface area contributed by atoms with Gasteiger partial charge in [-0.2, -0.15) is 0 Å². The lowest BCUT2D eigenvalue weighted by molar-refractivity contribution is 0.160. The Balaban J connectivity index is -0.000000282. The van der Waals surface area contributed by atoms with E-state index in [-0.39, 0.29) is 7.43 Å². The summed E-state index contributed by atoms with van der Waals surface area (Å²) in [6.45, 7) is 21.6. The minimum absolute atomic E-state index is 0. The zero-order valence-electron chi connectivity index (χ0n) is 17.7. The van der Waals surface area contributed by atoms with Gasteiger partial charge in [-0.3, -0.25) is 0 Å². The molecule has 2 aliphatic heterocycles. The Kier molecular flexibility index (Phi) is 25.0. The minimum Gasteiger partial charge on any atom is -0.306 e. The van der Waals surface area contributed by atoms with Crippen molar-refractivity contribution in [3.05, 3.63) is 0 Å². The summed E-state index contributed by atoms with van der Waals surface area (Å²) in [4.78, 5) is 7.29. The van der Waals surface area contributed by atoms with Crippen molar-refractivity contribution < 1.29 is 0 Å². The molecule has 2 saturated heterocycles. The summed E-state index contributed by atoms with van der Waals surface area (Å²) in [5.74, 6) is 1.03. The number of likely N-dealkylation sites (tertiary alicyclic amines) is 1. The number of hydrogen-bond acceptors (Lipinski definition) is 3. The van der Waals surface area contributed by atoms with Crippen LogP contribution in [0.3, 0.4) is 0 Å². The zero-order chi connectivity index (χ0) is 18.1. The largest absolute Gasteiger partial charge is 0.306 e. The molecule has 0 spiro atoms. The van der Waals surface area contributed by atoms with Gasteiger partial charge in [0.25, 0.3) is 0 Å². The Morgan fingerprint density at radius 1 is 0.708 bits per heavy atom. The lowest BCUT2D eigenvalue weighted by Crippen LogP contribution is -2.44. The molecule has 0 radical (unpaired) electrons. The van der Waals surface area contributed by atoms with Crippen LogP contribution in [0.15, 0.2) is 0 Å². The molecule has 0 bridgehead atoms. The third-order valence-electron chi connectivity index (χ3n) is 4.46. The molecule has 150 valence electrons. The van der Waals surface area contributed by atoms with Gasteiger partial charge in [-0.1, -0.05) is 61.8 Å². The monoisotopic (exact) mass is 345 g/mol. The first kappa shape index (κ1) is 28.7. The lowest BCUT2D eigenvalue weighted by Gasteiger charge is -2.31. The van der Waals surface area contributed by atoms with Gasteiger partial charge >= 0.3 is 0 Å². The summed E-state index contributed by atoms with van der Waals surface area (Å²) in [6.07, 6.45) is 5.48. The smallest absolute Gasteiger partial charge is 0.0110 e. The van der Waals surface area contributed by atoms with Crippen molar-refractivity contribution in [3.8, 4) is 0 Å². The number of piperidine rings is 1. The average molecular weight is 346 g/mol. The molecule has 0 aromatic heterocycles. The summed E-state index contributed by atoms with van der Waals surface area (Å²) in [5.41, 5.74) is 0. The molecule has 24 heavy (non-hydrogen) atoms. The predicted molar refractivity (Wildman–Crippen MR) is 114 cm³/mol. The van der Waals surface area contributed by atoms with Gasteiger partial charge in [0.1, 0.15) is 0 Å². The van der Waals surface area contributed by atoms with Crippen molar-refractivity contribution in [2.75, 3.05) is 59.9 Å². The maximum Gasteiger partial charge on any atom is 0.0110 e. The number of hydrogen-bond donors (Lipinski definition) is 0. The summed E-state index contributed by atoms with van der Waals surface area (Å²) >= 11 is 0. The molecule has 2 heterocycles. The fourth-order valence-electron chi connectivity index (χ4n) is 2.63. The summed E-state index contributed by atoms with van der Waals surface area (Å²) in [6, 6.07) is 0. The van der Waals surface area contributed by atoms with Crippen LogP contribution in [0.2, 0.25) is 0 Å². The standard InChI is InChI=1S/C8H17N.C7H16N2.C3H8.C2H6.CH4/c1-3-8-4-6-9(2)7-5-8;1-3-9-6-4-8(2)5-7-9;1-3-2;1-2;/h8H,3-7H2,1-2H3;3-7H2,1-2H3;3H2,1-2H3;1-2H3;1H4. The first-order chi connectivity index (χ1) is 11.1. The van der Waals surface area contributed by atoms with Crippen molar-refractivity contribution in [1.82, 2.24) is 14.7 Å². The zero-order valence-corrected chi connectivity index (χ0v) is 17.7. The normalized spacial score (nSPS) is 19.5. The van der Waals surface area contributed by atoms with Crippen LogP contribution in [-0.4, -0.2) is 74.6 Å². The molecule has 0 saturated carbocycles. The molecule has 2 aliphatic rings. The van der Waals surface area contributed by atoms with Crippen LogP contribution in [0, 0.1) is 5.92 Å². The van der Waals surface area contributed by atoms with Gasteiger partial charge in [0.2, 0.25) is 0 Å². The number of rotatable bonds is 2. The van der Waals surface area contributed by atoms with Gasteiger partial charge in [-0.05, 0) is 52.5 Å². The van der Waals surface area contributed by atoms with Crippen LogP contribution < -0.4 is 0 Å². The van der Waals surface area contributed by atoms with Crippen molar-refractivity contribution >= 4 is 0 Å². The molecule has 0 aromatic carbocycles. The highest BCUT2D eigenvalue weighted by atomic mass is 15.2. The van der Waals surface area contributed by atoms with E-state index >= 15 is 0 Å². The molecule has 0 amide bonds. The van der Waals surface area contributed by atoms with E-state index in [0.29, 0.717) is 0 Å². The summed E-state index contributed by atoms with van der Waals surface area (Å²) < 4.78 is 0. The van der Waals surface area contributed by atoms with Crippen molar-refractivity contribution in [2.24, 2.45) is 5.92 Å². The number of nitrogens with zero attached hydrogens (tertiary/aromatic N) is 3. The van der Waals surface area contributed by atoms with E-state index in [1.807, 2.05) is 13.8 Å². The van der Waals surface area contributed by atoms with E-state index in [1.165, 1.54) is 71.5 Å². The van der Waals surface area contributed by atoms with E-state index in [9.17, 15) is 0 Å². The van der Waals surface area contributed by atoms with E-state index < -0.39 is 0 Å². The molecule has 3 heteroatoms. The molecular weight excluding hydrogens is 294 g/mol. The van der Waals surface area contributed by atoms with E-state index in [1.54, 1.807) is 0 Å². The highest BCUT2D eigenvalue weighted by Gasteiger charge is 2.13. The third kappa shape index (κ3) is 16.7. The quantitative estimate of drug-likeness (QED) is 0.692. The molecule has 2 fully saturated rings. The Bertz CT molecular complexity index is 183. The van der Waals surface area contributed by atoms with Crippen LogP contribution in [0.1, 0.15) is 74.7 Å². The van der Waals surface area contributed by atoms with E-state index in [4.69, 9.17) is 0 Å². The number of likely N-dealkylation sites (N-methyl/N-ethyl adjacent to an activating group) is 2. The van der Waals surface area contributed by atoms with Crippen LogP contribution in [0.4, 0.5) is 0 Å². The molecule has 2 rings (SSSR count). The highest BCUT2D eigenvalue weighted by molar-refractivity contribution is 4.68. The second-order valence-electron chi connectivity index (χ2n) is 6.60. The van der Waals surface area contributed by atoms with Gasteiger partial charge in [-0.25, -0.2) is 0 Å². The summed E-state index contributed by atoms with van der Waals surface area (Å²) in [7, 11) is 4.40. The Labute approximate surface area is 155 Å². The second kappa shape index (κ2) is 20.9. The topological polar surface area (TPSA) is 9.72 Å². The fourth-order valence-corrected chi connectivity index (χ4v) is 2.63. The SMILES string of the molecule is C.CC.CCC.CCC1CCN(C)CC1.CCN1CCN(C)CC1. The molecule has 0 atom stereocenters. The van der Waals surface area contributed by atoms with Crippen molar-refractivity contribution in [3.63, 3.8) is 0 Å². The van der Waals surface area contributed by atoms with Gasteiger partial charge in [0.15, 0.2) is 0 Å². The molecule has 0 aromatic rings. The van der Waals surface area contributed by atoms with E-state index in [2.05, 4.69) is 56.5 Å². The van der Waals surface area contributed by atoms with Crippen molar-refractivity contribution in [1.29, 1.82) is 0 Å². The van der Waals surface area contributed by atoms with Crippen molar-refractivity contribution in [2.45, 2.75) is 74.7 Å².